The Morgan fingerprint density at radius 2 is 2.04 bits per heavy atom. The molecule has 2 saturated carbocycles. The van der Waals surface area contributed by atoms with E-state index in [4.69, 9.17) is 14.2 Å². The summed E-state index contributed by atoms with van der Waals surface area (Å²) in [5.41, 5.74) is -0.116. The molecule has 4 rings (SSSR count). The number of aliphatic hydroxyl groups is 1. The summed E-state index contributed by atoms with van der Waals surface area (Å²) in [4.78, 5) is 24.5. The van der Waals surface area contributed by atoms with Crippen LogP contribution in [0.25, 0.3) is 0 Å². The topological polar surface area (TPSA) is 85.4 Å². The van der Waals surface area contributed by atoms with Crippen molar-refractivity contribution in [2.24, 2.45) is 29.1 Å². The van der Waals surface area contributed by atoms with Gasteiger partial charge >= 0.3 is 11.9 Å². The van der Waals surface area contributed by atoms with Gasteiger partial charge in [-0.15, -0.1) is 0 Å². The van der Waals surface area contributed by atoms with Crippen molar-refractivity contribution in [2.75, 3.05) is 0 Å². The van der Waals surface area contributed by atoms with E-state index in [1.165, 1.54) is 0 Å². The lowest BCUT2D eigenvalue weighted by Gasteiger charge is -2.44. The first-order valence-corrected chi connectivity index (χ1v) is 9.59. The van der Waals surface area contributed by atoms with Crippen molar-refractivity contribution in [3.63, 3.8) is 0 Å². The summed E-state index contributed by atoms with van der Waals surface area (Å²) in [6, 6.07) is 0. The van der Waals surface area contributed by atoms with Gasteiger partial charge in [0.25, 0.3) is 0 Å². The van der Waals surface area contributed by atoms with E-state index < -0.39 is 17.6 Å². The second-order valence-corrected chi connectivity index (χ2v) is 8.75. The Morgan fingerprint density at radius 1 is 1.35 bits per heavy atom. The molecule has 26 heavy (non-hydrogen) atoms. The molecule has 10 unspecified atom stereocenters. The summed E-state index contributed by atoms with van der Waals surface area (Å²) in [7, 11) is 0. The van der Waals surface area contributed by atoms with E-state index in [1.807, 2.05) is 13.8 Å². The average molecular weight is 364 g/mol. The number of epoxide rings is 1. The Hall–Kier alpha value is -1.40. The normalized spacial score (nSPS) is 52.5. The van der Waals surface area contributed by atoms with Crippen LogP contribution in [0, 0.1) is 29.1 Å². The van der Waals surface area contributed by atoms with E-state index in [1.54, 1.807) is 19.9 Å². The predicted molar refractivity (Wildman–Crippen MR) is 91.9 cm³/mol. The molecular formula is C20H28O6. The quantitative estimate of drug-likeness (QED) is 0.457. The highest BCUT2D eigenvalue weighted by atomic mass is 16.6. The van der Waals surface area contributed by atoms with Crippen LogP contribution >= 0.6 is 0 Å². The van der Waals surface area contributed by atoms with Gasteiger partial charge in [-0.05, 0) is 26.2 Å². The molecule has 2 saturated heterocycles. The van der Waals surface area contributed by atoms with Crippen LogP contribution in [0.2, 0.25) is 0 Å². The van der Waals surface area contributed by atoms with E-state index in [2.05, 4.69) is 6.92 Å². The van der Waals surface area contributed by atoms with Crippen LogP contribution in [0.1, 0.15) is 41.0 Å². The number of fused-ring (bicyclic) bond motifs is 4. The van der Waals surface area contributed by atoms with Crippen LogP contribution in [0.15, 0.2) is 11.6 Å². The highest BCUT2D eigenvalue weighted by Crippen LogP contribution is 2.64. The van der Waals surface area contributed by atoms with Crippen LogP contribution in [-0.2, 0) is 23.8 Å². The molecule has 10 atom stereocenters. The predicted octanol–water partition coefficient (Wildman–Crippen LogP) is 1.85. The summed E-state index contributed by atoms with van der Waals surface area (Å²) in [5.74, 6) is -0.982. The lowest BCUT2D eigenvalue weighted by molar-refractivity contribution is -0.172. The molecule has 0 bridgehead atoms. The molecule has 0 aromatic heterocycles. The van der Waals surface area contributed by atoms with Crippen LogP contribution in [0.3, 0.4) is 0 Å². The average Bonchev–Trinajstić information content (AvgIpc) is 3.26. The summed E-state index contributed by atoms with van der Waals surface area (Å²) in [6.07, 6.45) is 0.674. The van der Waals surface area contributed by atoms with Gasteiger partial charge in [-0.2, -0.15) is 0 Å². The van der Waals surface area contributed by atoms with Crippen molar-refractivity contribution in [1.82, 2.24) is 0 Å². The second kappa shape index (κ2) is 5.80. The van der Waals surface area contributed by atoms with Crippen LogP contribution in [0.4, 0.5) is 0 Å². The van der Waals surface area contributed by atoms with Gasteiger partial charge in [0.05, 0.1) is 18.1 Å². The summed E-state index contributed by atoms with van der Waals surface area (Å²) in [6.45, 7) is 9.45. The molecule has 6 heteroatoms. The maximum atomic E-state index is 12.4. The van der Waals surface area contributed by atoms with Gasteiger partial charge in [-0.3, -0.25) is 4.79 Å². The number of esters is 2. The number of rotatable bonds is 2. The summed E-state index contributed by atoms with van der Waals surface area (Å²) >= 11 is 0. The van der Waals surface area contributed by atoms with E-state index >= 15 is 0 Å². The summed E-state index contributed by atoms with van der Waals surface area (Å²) < 4.78 is 17.3. The highest BCUT2D eigenvalue weighted by Gasteiger charge is 2.75. The van der Waals surface area contributed by atoms with Crippen LogP contribution in [-0.4, -0.2) is 47.6 Å². The largest absolute Gasteiger partial charge is 0.462 e. The van der Waals surface area contributed by atoms with Gasteiger partial charge in [0.15, 0.2) is 0 Å². The molecule has 0 aromatic carbocycles. The Morgan fingerprint density at radius 3 is 2.69 bits per heavy atom. The molecular weight excluding hydrogens is 336 g/mol. The van der Waals surface area contributed by atoms with Gasteiger partial charge in [0.1, 0.15) is 18.3 Å². The molecule has 4 aliphatic rings. The SMILES string of the molecule is CC=C(C)C(=O)OC1C2OC2C2C(C)CC3OC(=O)C(C)C3C(O)C12C. The summed E-state index contributed by atoms with van der Waals surface area (Å²) in [5, 5.41) is 11.4. The van der Waals surface area contributed by atoms with Gasteiger partial charge in [-0.1, -0.05) is 26.8 Å². The molecule has 2 heterocycles. The number of carbonyl (C=O) groups excluding carboxylic acids is 2. The minimum absolute atomic E-state index is 0.00167. The maximum absolute atomic E-state index is 12.4. The number of hydrogen-bond acceptors (Lipinski definition) is 6. The van der Waals surface area contributed by atoms with Gasteiger partial charge in [-0.25, -0.2) is 4.79 Å². The van der Waals surface area contributed by atoms with Crippen molar-refractivity contribution >= 4 is 11.9 Å². The number of hydrogen-bond donors (Lipinski definition) is 1. The van der Waals surface area contributed by atoms with Crippen molar-refractivity contribution in [1.29, 1.82) is 0 Å². The smallest absolute Gasteiger partial charge is 0.333 e. The van der Waals surface area contributed by atoms with Crippen LogP contribution < -0.4 is 0 Å². The molecule has 0 amide bonds. The Bertz CT molecular complexity index is 671. The fourth-order valence-corrected chi connectivity index (χ4v) is 5.81. The molecule has 0 radical (unpaired) electrons. The Balaban J connectivity index is 1.71. The monoisotopic (exact) mass is 364 g/mol. The lowest BCUT2D eigenvalue weighted by Crippen LogP contribution is -2.53. The van der Waals surface area contributed by atoms with Crippen molar-refractivity contribution in [3.8, 4) is 0 Å². The number of allylic oxidation sites excluding steroid dienone is 1. The van der Waals surface area contributed by atoms with Crippen molar-refractivity contribution in [2.45, 2.75) is 71.6 Å². The van der Waals surface area contributed by atoms with Gasteiger partial charge < -0.3 is 19.3 Å². The minimum Gasteiger partial charge on any atom is -0.462 e. The zero-order valence-corrected chi connectivity index (χ0v) is 16.0. The third-order valence-electron chi connectivity index (χ3n) is 7.40. The fraction of sp³-hybridized carbons (Fsp3) is 0.800. The minimum atomic E-state index is -0.788. The van der Waals surface area contributed by atoms with E-state index in [0.29, 0.717) is 12.0 Å². The standard InChI is InChI=1S/C20H28O6/c1-6-8(2)18(22)26-17-15-14(25-15)13-9(3)7-11-12(10(4)19(23)24-11)16(21)20(13,17)5/h6,9-17,21H,7H2,1-5H3. The Kier molecular flexibility index (Phi) is 4.01. The third-order valence-corrected chi connectivity index (χ3v) is 7.40. The maximum Gasteiger partial charge on any atom is 0.333 e. The molecule has 1 N–H and O–H groups in total. The van der Waals surface area contributed by atoms with E-state index in [9.17, 15) is 14.7 Å². The van der Waals surface area contributed by atoms with Crippen molar-refractivity contribution in [3.05, 3.63) is 11.6 Å². The van der Waals surface area contributed by atoms with Gasteiger partial charge in [0.2, 0.25) is 0 Å². The highest BCUT2D eigenvalue weighted by molar-refractivity contribution is 5.87. The fourth-order valence-electron chi connectivity index (χ4n) is 5.81. The molecule has 0 aromatic rings. The second-order valence-electron chi connectivity index (χ2n) is 8.75. The molecule has 4 fully saturated rings. The molecule has 144 valence electrons. The van der Waals surface area contributed by atoms with Gasteiger partial charge in [0, 0.05) is 22.8 Å². The first kappa shape index (κ1) is 18.0. The van der Waals surface area contributed by atoms with Crippen LogP contribution in [0.5, 0.6) is 0 Å². The third kappa shape index (κ3) is 2.24. The number of carbonyl (C=O) groups is 2. The number of aliphatic hydroxyl groups excluding tert-OH is 1. The first-order valence-electron chi connectivity index (χ1n) is 9.59. The van der Waals surface area contributed by atoms with E-state index in [0.717, 1.165) is 0 Å². The molecule has 6 nitrogen and oxygen atoms in total. The lowest BCUT2D eigenvalue weighted by atomic mass is 9.66. The zero-order valence-electron chi connectivity index (χ0n) is 16.0. The molecule has 0 spiro atoms. The zero-order chi connectivity index (χ0) is 19.0. The van der Waals surface area contributed by atoms with E-state index in [-0.39, 0.29) is 53.9 Å². The first-order chi connectivity index (χ1) is 12.2. The molecule has 2 aliphatic carbocycles. The molecule has 2 aliphatic heterocycles. The van der Waals surface area contributed by atoms with Crippen molar-refractivity contribution < 1.29 is 28.9 Å². The number of ether oxygens (including phenoxy) is 3. The Labute approximate surface area is 153 Å².